The number of carboxylic acid groups (broad SMARTS) is 1. The Bertz CT molecular complexity index is 833. The van der Waals surface area contributed by atoms with Crippen molar-refractivity contribution < 1.29 is 28.5 Å². The second-order valence-corrected chi connectivity index (χ2v) is 7.48. The predicted octanol–water partition coefficient (Wildman–Crippen LogP) is 4.02. The fourth-order valence-electron chi connectivity index (χ4n) is 2.76. The standard InChI is InChI=1S/C22H27ClFNO5/c1-14(2)30-21(22(26)27)9-15-4-3-5-19(8-15)28-12-18(24)13-29-20-7-6-17(23)10-16(20)11-25/h3-8,10,14,18,21H,9,11-13,25H2,1-2H3,(H,26,27)/t18-,21-/m0/s1. The van der Waals surface area contributed by atoms with E-state index in [0.717, 1.165) is 5.56 Å². The summed E-state index contributed by atoms with van der Waals surface area (Å²) in [7, 11) is 0. The number of nitrogens with two attached hydrogens (primary N) is 1. The molecule has 30 heavy (non-hydrogen) atoms. The SMILES string of the molecule is CC(C)O[C@@H](Cc1cccc(OC[C@H](F)COc2ccc(Cl)cc2CN)c1)C(=O)O. The third-order valence-electron chi connectivity index (χ3n) is 4.12. The molecule has 0 saturated heterocycles. The van der Waals surface area contributed by atoms with Gasteiger partial charge in [0, 0.05) is 23.6 Å². The largest absolute Gasteiger partial charge is 0.490 e. The summed E-state index contributed by atoms with van der Waals surface area (Å²) in [6, 6.07) is 11.8. The number of hydrogen-bond donors (Lipinski definition) is 2. The summed E-state index contributed by atoms with van der Waals surface area (Å²) < 4.78 is 30.7. The van der Waals surface area contributed by atoms with E-state index >= 15 is 0 Å². The van der Waals surface area contributed by atoms with E-state index in [-0.39, 0.29) is 32.3 Å². The number of aliphatic carboxylic acids is 1. The minimum atomic E-state index is -1.37. The molecule has 0 spiro atoms. The van der Waals surface area contributed by atoms with E-state index in [9.17, 15) is 14.3 Å². The van der Waals surface area contributed by atoms with Crippen LogP contribution < -0.4 is 15.2 Å². The number of carbonyl (C=O) groups is 1. The average Bonchev–Trinajstić information content (AvgIpc) is 2.70. The van der Waals surface area contributed by atoms with Crippen molar-refractivity contribution in [1.82, 2.24) is 0 Å². The molecule has 0 amide bonds. The van der Waals surface area contributed by atoms with Crippen LogP contribution in [-0.4, -0.2) is 42.7 Å². The summed E-state index contributed by atoms with van der Waals surface area (Å²) in [5, 5.41) is 9.83. The van der Waals surface area contributed by atoms with Crippen LogP contribution in [0.2, 0.25) is 5.02 Å². The van der Waals surface area contributed by atoms with Gasteiger partial charge in [0.15, 0.2) is 12.3 Å². The van der Waals surface area contributed by atoms with Crippen LogP contribution in [0.15, 0.2) is 42.5 Å². The molecule has 0 aromatic heterocycles. The van der Waals surface area contributed by atoms with Gasteiger partial charge in [-0.2, -0.15) is 0 Å². The van der Waals surface area contributed by atoms with Crippen molar-refractivity contribution in [2.24, 2.45) is 5.73 Å². The Morgan fingerprint density at radius 3 is 2.57 bits per heavy atom. The summed E-state index contributed by atoms with van der Waals surface area (Å²) in [5.41, 5.74) is 7.07. The van der Waals surface area contributed by atoms with Crippen molar-refractivity contribution >= 4 is 17.6 Å². The molecule has 0 aliphatic rings. The molecule has 0 fully saturated rings. The highest BCUT2D eigenvalue weighted by Gasteiger charge is 2.20. The van der Waals surface area contributed by atoms with Crippen molar-refractivity contribution in [3.05, 3.63) is 58.6 Å². The van der Waals surface area contributed by atoms with Gasteiger partial charge in [-0.1, -0.05) is 23.7 Å². The van der Waals surface area contributed by atoms with E-state index in [0.29, 0.717) is 22.1 Å². The fourth-order valence-corrected chi connectivity index (χ4v) is 2.96. The molecule has 0 bridgehead atoms. The number of halogens is 2. The third kappa shape index (κ3) is 7.82. The maximum Gasteiger partial charge on any atom is 0.333 e. The quantitative estimate of drug-likeness (QED) is 0.519. The molecule has 2 aromatic rings. The molecule has 0 aliphatic heterocycles. The van der Waals surface area contributed by atoms with E-state index in [4.69, 9.17) is 31.5 Å². The molecule has 8 heteroatoms. The van der Waals surface area contributed by atoms with Crippen molar-refractivity contribution in [3.8, 4) is 11.5 Å². The van der Waals surface area contributed by atoms with E-state index in [2.05, 4.69) is 0 Å². The highest BCUT2D eigenvalue weighted by atomic mass is 35.5. The van der Waals surface area contributed by atoms with E-state index < -0.39 is 18.2 Å². The van der Waals surface area contributed by atoms with Gasteiger partial charge in [0.25, 0.3) is 0 Å². The lowest BCUT2D eigenvalue weighted by molar-refractivity contribution is -0.153. The maximum absolute atomic E-state index is 14.2. The first kappa shape index (κ1) is 23.9. The zero-order valence-electron chi connectivity index (χ0n) is 17.0. The molecule has 6 nitrogen and oxygen atoms in total. The van der Waals surface area contributed by atoms with Gasteiger partial charge in [0.05, 0.1) is 6.10 Å². The lowest BCUT2D eigenvalue weighted by Gasteiger charge is -2.17. The number of alkyl halides is 1. The summed E-state index contributed by atoms with van der Waals surface area (Å²) in [4.78, 5) is 11.4. The first-order valence-corrected chi connectivity index (χ1v) is 10.0. The molecule has 164 valence electrons. The van der Waals surface area contributed by atoms with Gasteiger partial charge in [-0.3, -0.25) is 0 Å². The average molecular weight is 440 g/mol. The number of rotatable bonds is 12. The zero-order chi connectivity index (χ0) is 22.1. The third-order valence-corrected chi connectivity index (χ3v) is 4.36. The highest BCUT2D eigenvalue weighted by molar-refractivity contribution is 6.30. The van der Waals surface area contributed by atoms with Gasteiger partial charge in [-0.15, -0.1) is 0 Å². The van der Waals surface area contributed by atoms with Crippen LogP contribution in [0.5, 0.6) is 11.5 Å². The van der Waals surface area contributed by atoms with Crippen LogP contribution >= 0.6 is 11.6 Å². The van der Waals surface area contributed by atoms with Gasteiger partial charge in [0.2, 0.25) is 0 Å². The minimum absolute atomic E-state index is 0.186. The fraction of sp³-hybridized carbons (Fsp3) is 0.409. The molecule has 2 atom stereocenters. The smallest absolute Gasteiger partial charge is 0.333 e. The Morgan fingerprint density at radius 1 is 1.17 bits per heavy atom. The Labute approximate surface area is 180 Å². The molecule has 0 aliphatic carbocycles. The zero-order valence-corrected chi connectivity index (χ0v) is 17.8. The van der Waals surface area contributed by atoms with Gasteiger partial charge >= 0.3 is 5.97 Å². The van der Waals surface area contributed by atoms with Gasteiger partial charge in [-0.05, 0) is 49.7 Å². The lowest BCUT2D eigenvalue weighted by Crippen LogP contribution is -2.29. The Morgan fingerprint density at radius 2 is 1.90 bits per heavy atom. The van der Waals surface area contributed by atoms with Crippen LogP contribution in [0.1, 0.15) is 25.0 Å². The molecule has 0 unspecified atom stereocenters. The summed E-state index contributed by atoms with van der Waals surface area (Å²) in [6.45, 7) is 3.38. The van der Waals surface area contributed by atoms with Crippen LogP contribution in [0, 0.1) is 0 Å². The number of hydrogen-bond acceptors (Lipinski definition) is 5. The molecule has 0 saturated carbocycles. The van der Waals surface area contributed by atoms with Crippen molar-refractivity contribution in [3.63, 3.8) is 0 Å². The molecule has 3 N–H and O–H groups in total. The van der Waals surface area contributed by atoms with Crippen molar-refractivity contribution in [2.75, 3.05) is 13.2 Å². The van der Waals surface area contributed by atoms with Gasteiger partial charge in [-0.25, -0.2) is 9.18 Å². The van der Waals surface area contributed by atoms with Gasteiger partial charge in [0.1, 0.15) is 24.7 Å². The lowest BCUT2D eigenvalue weighted by atomic mass is 10.1. The molecule has 0 radical (unpaired) electrons. The van der Waals surface area contributed by atoms with Crippen LogP contribution in [0.25, 0.3) is 0 Å². The topological polar surface area (TPSA) is 91.0 Å². The Kier molecular flexibility index (Phi) is 9.36. The van der Waals surface area contributed by atoms with Crippen LogP contribution in [0.3, 0.4) is 0 Å². The predicted molar refractivity (Wildman–Crippen MR) is 113 cm³/mol. The molecule has 0 heterocycles. The second-order valence-electron chi connectivity index (χ2n) is 7.04. The summed E-state index contributed by atoms with van der Waals surface area (Å²) >= 11 is 5.92. The maximum atomic E-state index is 14.2. The summed E-state index contributed by atoms with van der Waals surface area (Å²) in [6.07, 6.45) is -2.35. The normalized spacial score (nSPS) is 13.1. The Balaban J connectivity index is 1.88. The molecular weight excluding hydrogens is 413 g/mol. The summed E-state index contributed by atoms with van der Waals surface area (Å²) in [5.74, 6) is -0.107. The van der Waals surface area contributed by atoms with Crippen LogP contribution in [-0.2, 0) is 22.5 Å². The molecule has 2 rings (SSSR count). The highest BCUT2D eigenvalue weighted by Crippen LogP contribution is 2.23. The van der Waals surface area contributed by atoms with Crippen LogP contribution in [0.4, 0.5) is 4.39 Å². The molecular formula is C22H27ClFNO5. The number of benzene rings is 2. The number of carboxylic acids is 1. The monoisotopic (exact) mass is 439 g/mol. The molecule has 2 aromatic carbocycles. The number of ether oxygens (including phenoxy) is 3. The Hall–Kier alpha value is -2.35. The van der Waals surface area contributed by atoms with Gasteiger partial charge < -0.3 is 25.1 Å². The first-order valence-electron chi connectivity index (χ1n) is 9.63. The first-order chi connectivity index (χ1) is 14.3. The second kappa shape index (κ2) is 11.7. The van der Waals surface area contributed by atoms with E-state index in [1.54, 1.807) is 56.3 Å². The van der Waals surface area contributed by atoms with E-state index in [1.807, 2.05) is 0 Å². The van der Waals surface area contributed by atoms with Crippen molar-refractivity contribution in [2.45, 2.75) is 45.2 Å². The minimum Gasteiger partial charge on any atom is -0.490 e. The van der Waals surface area contributed by atoms with E-state index in [1.165, 1.54) is 0 Å². The van der Waals surface area contributed by atoms with Crippen molar-refractivity contribution in [1.29, 1.82) is 0 Å².